The molecule has 0 spiro atoms. The highest BCUT2D eigenvalue weighted by molar-refractivity contribution is 7.13. The predicted octanol–water partition coefficient (Wildman–Crippen LogP) is 2.05. The molecule has 2 amide bonds. The van der Waals surface area contributed by atoms with Crippen molar-refractivity contribution in [3.63, 3.8) is 0 Å². The van der Waals surface area contributed by atoms with Gasteiger partial charge in [0.1, 0.15) is 11.2 Å². The standard InChI is InChI=1S/C17H20N4O3S/c1-2-24-17(23)20-9-7-19(8-10-20)14-13-4-3-6-21(13)16-12(5-11-25-16)15(22)18-14/h3-6,11,14H,2,7-10H2,1H3,(H,18,22). The molecule has 1 atom stereocenters. The molecule has 8 heteroatoms. The van der Waals surface area contributed by atoms with Crippen molar-refractivity contribution in [3.8, 4) is 5.00 Å². The number of aromatic nitrogens is 1. The van der Waals surface area contributed by atoms with Gasteiger partial charge in [0.05, 0.1) is 17.9 Å². The van der Waals surface area contributed by atoms with Crippen molar-refractivity contribution in [1.29, 1.82) is 0 Å². The number of carbonyl (C=O) groups excluding carboxylic acids is 2. The number of thiophene rings is 1. The van der Waals surface area contributed by atoms with Crippen molar-refractivity contribution in [2.75, 3.05) is 32.8 Å². The minimum Gasteiger partial charge on any atom is -0.450 e. The number of amides is 2. The molecule has 1 N–H and O–H groups in total. The Morgan fingerprint density at radius 3 is 2.88 bits per heavy atom. The van der Waals surface area contributed by atoms with Crippen LogP contribution in [0.5, 0.6) is 0 Å². The molecule has 1 unspecified atom stereocenters. The van der Waals surface area contributed by atoms with E-state index < -0.39 is 0 Å². The van der Waals surface area contributed by atoms with Gasteiger partial charge in [-0.15, -0.1) is 11.3 Å². The molecule has 132 valence electrons. The zero-order valence-electron chi connectivity index (χ0n) is 14.0. The molecule has 0 bridgehead atoms. The van der Waals surface area contributed by atoms with Gasteiger partial charge in [0.2, 0.25) is 0 Å². The SMILES string of the molecule is CCOC(=O)N1CCN(C2NC(=O)c3ccsc3-n3cccc32)CC1. The van der Waals surface area contributed by atoms with Crippen LogP contribution in [0.4, 0.5) is 4.79 Å². The fourth-order valence-corrected chi connectivity index (χ4v) is 4.29. The lowest BCUT2D eigenvalue weighted by Crippen LogP contribution is -2.53. The number of nitrogens with zero attached hydrogens (tertiary/aromatic N) is 3. The molecule has 2 aromatic heterocycles. The van der Waals surface area contributed by atoms with Crippen LogP contribution in [0.1, 0.15) is 29.1 Å². The zero-order chi connectivity index (χ0) is 17.4. The molecule has 0 aliphatic carbocycles. The van der Waals surface area contributed by atoms with E-state index in [1.165, 1.54) is 0 Å². The third kappa shape index (κ3) is 2.81. The first kappa shape index (κ1) is 16.2. The van der Waals surface area contributed by atoms with Gasteiger partial charge >= 0.3 is 6.09 Å². The van der Waals surface area contributed by atoms with Crippen molar-refractivity contribution in [2.45, 2.75) is 13.1 Å². The Bertz CT molecular complexity index is 791. The van der Waals surface area contributed by atoms with E-state index in [9.17, 15) is 9.59 Å². The first-order chi connectivity index (χ1) is 12.2. The minimum absolute atomic E-state index is 0.0576. The molecular formula is C17H20N4O3S. The maximum atomic E-state index is 12.6. The van der Waals surface area contributed by atoms with E-state index in [-0.39, 0.29) is 18.2 Å². The van der Waals surface area contributed by atoms with E-state index >= 15 is 0 Å². The summed E-state index contributed by atoms with van der Waals surface area (Å²) in [7, 11) is 0. The third-order valence-electron chi connectivity index (χ3n) is 4.64. The monoisotopic (exact) mass is 360 g/mol. The number of hydrogen-bond acceptors (Lipinski definition) is 5. The van der Waals surface area contributed by atoms with Crippen LogP contribution in [-0.4, -0.2) is 59.2 Å². The quantitative estimate of drug-likeness (QED) is 0.890. The summed E-state index contributed by atoms with van der Waals surface area (Å²) in [5, 5.41) is 6.03. The number of nitrogens with one attached hydrogen (secondary N) is 1. The molecule has 0 saturated carbocycles. The Labute approximate surface area is 149 Å². The van der Waals surface area contributed by atoms with Gasteiger partial charge in [-0.1, -0.05) is 0 Å². The summed E-state index contributed by atoms with van der Waals surface area (Å²) in [4.78, 5) is 28.4. The fourth-order valence-electron chi connectivity index (χ4n) is 3.39. The van der Waals surface area contributed by atoms with Crippen molar-refractivity contribution < 1.29 is 14.3 Å². The van der Waals surface area contributed by atoms with E-state index in [2.05, 4.69) is 14.8 Å². The van der Waals surface area contributed by atoms with Gasteiger partial charge in [-0.2, -0.15) is 0 Å². The summed E-state index contributed by atoms with van der Waals surface area (Å²) in [6.07, 6.45) is 1.52. The van der Waals surface area contributed by atoms with Gasteiger partial charge in [0, 0.05) is 32.4 Å². The summed E-state index contributed by atoms with van der Waals surface area (Å²) in [5.41, 5.74) is 1.74. The van der Waals surface area contributed by atoms with Crippen LogP contribution in [-0.2, 0) is 4.74 Å². The highest BCUT2D eigenvalue weighted by Crippen LogP contribution is 2.32. The Balaban J connectivity index is 1.55. The van der Waals surface area contributed by atoms with E-state index in [0.29, 0.717) is 38.3 Å². The predicted molar refractivity (Wildman–Crippen MR) is 94.0 cm³/mol. The van der Waals surface area contributed by atoms with Gasteiger partial charge in [-0.25, -0.2) is 4.79 Å². The molecule has 7 nitrogen and oxygen atoms in total. The van der Waals surface area contributed by atoms with Gasteiger partial charge in [0.15, 0.2) is 0 Å². The second kappa shape index (κ2) is 6.53. The molecule has 2 aliphatic heterocycles. The highest BCUT2D eigenvalue weighted by Gasteiger charge is 2.33. The van der Waals surface area contributed by atoms with Crippen LogP contribution in [0.15, 0.2) is 29.8 Å². The Morgan fingerprint density at radius 2 is 2.12 bits per heavy atom. The van der Waals surface area contributed by atoms with Crippen LogP contribution in [0.3, 0.4) is 0 Å². The summed E-state index contributed by atoms with van der Waals surface area (Å²) >= 11 is 1.56. The van der Waals surface area contributed by atoms with Gasteiger partial charge in [-0.3, -0.25) is 9.69 Å². The highest BCUT2D eigenvalue weighted by atomic mass is 32.1. The average Bonchev–Trinajstić information content (AvgIpc) is 3.27. The number of ether oxygens (including phenoxy) is 1. The maximum absolute atomic E-state index is 12.6. The third-order valence-corrected chi connectivity index (χ3v) is 5.55. The fraction of sp³-hybridized carbons (Fsp3) is 0.412. The van der Waals surface area contributed by atoms with Crippen molar-refractivity contribution in [2.24, 2.45) is 0 Å². The van der Waals surface area contributed by atoms with Crippen LogP contribution in [0, 0.1) is 0 Å². The summed E-state index contributed by atoms with van der Waals surface area (Å²) < 4.78 is 7.15. The van der Waals surface area contributed by atoms with E-state index in [1.54, 1.807) is 16.2 Å². The maximum Gasteiger partial charge on any atom is 0.409 e. The zero-order valence-corrected chi connectivity index (χ0v) is 14.8. The number of hydrogen-bond donors (Lipinski definition) is 1. The van der Waals surface area contributed by atoms with Crippen molar-refractivity contribution >= 4 is 23.3 Å². The number of rotatable bonds is 2. The van der Waals surface area contributed by atoms with E-state index in [0.717, 1.165) is 10.7 Å². The molecule has 0 aromatic carbocycles. The van der Waals surface area contributed by atoms with Crippen molar-refractivity contribution in [1.82, 2.24) is 19.7 Å². The molecule has 2 aromatic rings. The minimum atomic E-state index is -0.266. The second-order valence-electron chi connectivity index (χ2n) is 6.04. The lowest BCUT2D eigenvalue weighted by molar-refractivity contribution is 0.0534. The Hall–Kier alpha value is -2.32. The lowest BCUT2D eigenvalue weighted by Gasteiger charge is -2.38. The molecule has 4 rings (SSSR count). The summed E-state index contributed by atoms with van der Waals surface area (Å²) in [6, 6.07) is 5.90. The van der Waals surface area contributed by atoms with Gasteiger partial charge in [0.25, 0.3) is 5.91 Å². The first-order valence-electron chi connectivity index (χ1n) is 8.40. The topological polar surface area (TPSA) is 66.8 Å². The lowest BCUT2D eigenvalue weighted by atomic mass is 10.2. The Kier molecular flexibility index (Phi) is 4.22. The van der Waals surface area contributed by atoms with Crippen molar-refractivity contribution in [3.05, 3.63) is 41.0 Å². The first-order valence-corrected chi connectivity index (χ1v) is 9.28. The Morgan fingerprint density at radius 1 is 1.32 bits per heavy atom. The van der Waals surface area contributed by atoms with Crippen LogP contribution < -0.4 is 5.32 Å². The van der Waals surface area contributed by atoms with Crippen LogP contribution >= 0.6 is 11.3 Å². The average molecular weight is 360 g/mol. The van der Waals surface area contributed by atoms with E-state index in [4.69, 9.17) is 4.74 Å². The van der Waals surface area contributed by atoms with E-state index in [1.807, 2.05) is 36.7 Å². The molecular weight excluding hydrogens is 340 g/mol. The number of fused-ring (bicyclic) bond motifs is 3. The molecule has 1 fully saturated rings. The molecule has 1 saturated heterocycles. The molecule has 25 heavy (non-hydrogen) atoms. The number of piperazine rings is 1. The number of carbonyl (C=O) groups is 2. The van der Waals surface area contributed by atoms with Crippen LogP contribution in [0.25, 0.3) is 5.00 Å². The van der Waals surface area contributed by atoms with Gasteiger partial charge in [-0.05, 0) is 30.5 Å². The van der Waals surface area contributed by atoms with Gasteiger partial charge < -0.3 is 19.5 Å². The normalized spacial score (nSPS) is 20.4. The molecule has 0 radical (unpaired) electrons. The summed E-state index contributed by atoms with van der Waals surface area (Å²) in [6.45, 7) is 4.74. The summed E-state index contributed by atoms with van der Waals surface area (Å²) in [5.74, 6) is -0.0576. The second-order valence-corrected chi connectivity index (χ2v) is 6.93. The molecule has 4 heterocycles. The van der Waals surface area contributed by atoms with Crippen LogP contribution in [0.2, 0.25) is 0 Å². The molecule has 2 aliphatic rings. The smallest absolute Gasteiger partial charge is 0.409 e. The largest absolute Gasteiger partial charge is 0.450 e.